The lowest BCUT2D eigenvalue weighted by atomic mass is 9.49. The van der Waals surface area contributed by atoms with Crippen LogP contribution >= 0.6 is 15.9 Å². The first-order valence-corrected chi connectivity index (χ1v) is 10.6. The van der Waals surface area contributed by atoms with Crippen molar-refractivity contribution in [3.63, 3.8) is 0 Å². The third-order valence-corrected chi connectivity index (χ3v) is 7.71. The molecule has 0 radical (unpaired) electrons. The molecule has 5 rings (SSSR count). The highest BCUT2D eigenvalue weighted by atomic mass is 79.9. The second-order valence-corrected chi connectivity index (χ2v) is 11.7. The van der Waals surface area contributed by atoms with Gasteiger partial charge < -0.3 is 10.1 Å². The van der Waals surface area contributed by atoms with Crippen LogP contribution in [0, 0.1) is 17.3 Å². The highest BCUT2D eigenvalue weighted by Gasteiger charge is 2.59. The molecule has 4 atom stereocenters. The Morgan fingerprint density at radius 1 is 1.19 bits per heavy atom. The Kier molecular flexibility index (Phi) is 4.22. The summed E-state index contributed by atoms with van der Waals surface area (Å²) in [5.41, 5.74) is 1.84. The molecule has 4 aliphatic carbocycles. The molecule has 4 saturated carbocycles. The van der Waals surface area contributed by atoms with E-state index in [1.54, 1.807) is 7.11 Å². The Balaban J connectivity index is 1.62. The lowest BCUT2D eigenvalue weighted by Crippen LogP contribution is -2.57. The van der Waals surface area contributed by atoms with Crippen LogP contribution in [0.15, 0.2) is 18.2 Å². The van der Waals surface area contributed by atoms with Crippen LogP contribution in [0.4, 0.5) is 5.69 Å². The summed E-state index contributed by atoms with van der Waals surface area (Å²) in [6.45, 7) is 6.57. The lowest BCUT2D eigenvalue weighted by molar-refractivity contribution is -0.138. The second kappa shape index (κ2) is 5.98. The number of alkyl halides is 1. The number of amides is 1. The van der Waals surface area contributed by atoms with Crippen LogP contribution in [0.1, 0.15) is 64.9 Å². The number of rotatable bonds is 3. The summed E-state index contributed by atoms with van der Waals surface area (Å²) in [5.74, 6) is 2.33. The molecule has 3 nitrogen and oxygen atoms in total. The zero-order chi connectivity index (χ0) is 18.7. The number of ether oxygens (including phenoxy) is 1. The van der Waals surface area contributed by atoms with Gasteiger partial charge in [-0.15, -0.1) is 0 Å². The predicted octanol–water partition coefficient (Wildman–Crippen LogP) is 5.67. The fourth-order valence-electron chi connectivity index (χ4n) is 5.94. The Hall–Kier alpha value is -1.03. The van der Waals surface area contributed by atoms with Crippen LogP contribution in [0.2, 0.25) is 0 Å². The van der Waals surface area contributed by atoms with Crippen LogP contribution in [0.3, 0.4) is 0 Å². The third kappa shape index (κ3) is 3.08. The molecule has 4 heteroatoms. The summed E-state index contributed by atoms with van der Waals surface area (Å²) in [6, 6.07) is 6.15. The molecule has 0 aromatic heterocycles. The monoisotopic (exact) mass is 419 g/mol. The van der Waals surface area contributed by atoms with Gasteiger partial charge in [0.2, 0.25) is 5.91 Å². The number of carbonyl (C=O) groups excluding carboxylic acids is 1. The van der Waals surface area contributed by atoms with Gasteiger partial charge >= 0.3 is 0 Å². The van der Waals surface area contributed by atoms with Gasteiger partial charge in [0.1, 0.15) is 5.75 Å². The van der Waals surface area contributed by atoms with Crippen LogP contribution < -0.4 is 10.1 Å². The number of halogens is 1. The molecule has 0 spiro atoms. The van der Waals surface area contributed by atoms with Gasteiger partial charge in [0.25, 0.3) is 0 Å². The summed E-state index contributed by atoms with van der Waals surface area (Å²) in [4.78, 5) is 13.4. The van der Waals surface area contributed by atoms with E-state index in [0.717, 1.165) is 30.7 Å². The Labute approximate surface area is 165 Å². The normalized spacial score (nSPS) is 35.4. The van der Waals surface area contributed by atoms with Gasteiger partial charge in [-0.1, -0.05) is 42.8 Å². The Morgan fingerprint density at radius 3 is 2.38 bits per heavy atom. The lowest BCUT2D eigenvalue weighted by Gasteiger charge is -2.59. The van der Waals surface area contributed by atoms with E-state index in [1.165, 1.54) is 24.8 Å². The topological polar surface area (TPSA) is 38.3 Å². The van der Waals surface area contributed by atoms with Crippen molar-refractivity contribution >= 4 is 27.5 Å². The van der Waals surface area contributed by atoms with Gasteiger partial charge in [-0.05, 0) is 73.5 Å². The molecule has 4 bridgehead atoms. The fourth-order valence-corrected chi connectivity index (χ4v) is 7.40. The smallest absolute Gasteiger partial charge is 0.230 e. The first kappa shape index (κ1) is 18.3. The SMILES string of the molecule is COc1ccc(C(C)(C)C)cc1NC(=O)C12C[C@@H]3C[C@@H](CC(Br)(C3)C1)C2. The minimum Gasteiger partial charge on any atom is -0.495 e. The van der Waals surface area contributed by atoms with Gasteiger partial charge in [0.05, 0.1) is 18.2 Å². The number of methoxy groups -OCH3 is 1. The standard InChI is InChI=1S/C22H30BrNO2/c1-20(2,3)16-5-6-18(26-4)17(8-16)24-19(25)21-9-14-7-15(10-21)12-22(23,11-14)13-21/h5-6,8,14-15H,7,9-13H2,1-4H3,(H,24,25)/t14-,15+,21?,22?. The Morgan fingerprint density at radius 2 is 1.85 bits per heavy atom. The maximum absolute atomic E-state index is 13.4. The average molecular weight is 420 g/mol. The van der Waals surface area contributed by atoms with E-state index >= 15 is 0 Å². The van der Waals surface area contributed by atoms with Gasteiger partial charge in [-0.25, -0.2) is 0 Å². The van der Waals surface area contributed by atoms with Crippen molar-refractivity contribution in [2.45, 2.75) is 69.0 Å². The molecule has 4 aliphatic rings. The summed E-state index contributed by atoms with van der Waals surface area (Å²) >= 11 is 4.01. The number of carbonyl (C=O) groups is 1. The summed E-state index contributed by atoms with van der Waals surface area (Å²) in [7, 11) is 1.67. The number of anilines is 1. The number of hydrogen-bond donors (Lipinski definition) is 1. The number of hydrogen-bond acceptors (Lipinski definition) is 2. The minimum atomic E-state index is -0.212. The van der Waals surface area contributed by atoms with Crippen molar-refractivity contribution in [2.75, 3.05) is 12.4 Å². The molecule has 1 N–H and O–H groups in total. The van der Waals surface area contributed by atoms with Crippen LogP contribution in [-0.4, -0.2) is 17.3 Å². The van der Waals surface area contributed by atoms with Gasteiger partial charge in [-0.3, -0.25) is 4.79 Å². The van der Waals surface area contributed by atoms with E-state index in [4.69, 9.17) is 4.74 Å². The molecule has 26 heavy (non-hydrogen) atoms. The van der Waals surface area contributed by atoms with E-state index < -0.39 is 0 Å². The molecule has 142 valence electrons. The van der Waals surface area contributed by atoms with E-state index in [9.17, 15) is 4.79 Å². The molecule has 2 unspecified atom stereocenters. The van der Waals surface area contributed by atoms with E-state index in [2.05, 4.69) is 54.2 Å². The van der Waals surface area contributed by atoms with Crippen molar-refractivity contribution in [2.24, 2.45) is 17.3 Å². The minimum absolute atomic E-state index is 0.0341. The van der Waals surface area contributed by atoms with Crippen molar-refractivity contribution in [1.29, 1.82) is 0 Å². The Bertz CT molecular complexity index is 722. The first-order chi connectivity index (χ1) is 12.1. The van der Waals surface area contributed by atoms with Crippen molar-refractivity contribution in [3.05, 3.63) is 23.8 Å². The summed E-state index contributed by atoms with van der Waals surface area (Å²) in [6.07, 6.45) is 6.85. The molecule has 4 fully saturated rings. The maximum atomic E-state index is 13.4. The second-order valence-electron chi connectivity index (χ2n) is 10.0. The van der Waals surface area contributed by atoms with Crippen LogP contribution in [-0.2, 0) is 10.2 Å². The molecule has 0 heterocycles. The molecule has 0 saturated heterocycles. The average Bonchev–Trinajstić information content (AvgIpc) is 2.51. The van der Waals surface area contributed by atoms with Crippen LogP contribution in [0.5, 0.6) is 5.75 Å². The van der Waals surface area contributed by atoms with E-state index in [0.29, 0.717) is 11.8 Å². The highest BCUT2D eigenvalue weighted by molar-refractivity contribution is 9.10. The van der Waals surface area contributed by atoms with Gasteiger partial charge in [0, 0.05) is 4.32 Å². The molecule has 1 aromatic carbocycles. The van der Waals surface area contributed by atoms with Crippen molar-refractivity contribution in [3.8, 4) is 5.75 Å². The van der Waals surface area contributed by atoms with Crippen LogP contribution in [0.25, 0.3) is 0 Å². The van der Waals surface area contributed by atoms with Gasteiger partial charge in [-0.2, -0.15) is 0 Å². The predicted molar refractivity (Wildman–Crippen MR) is 109 cm³/mol. The highest BCUT2D eigenvalue weighted by Crippen LogP contribution is 2.64. The van der Waals surface area contributed by atoms with Gasteiger partial charge in [0.15, 0.2) is 0 Å². The molecular formula is C22H30BrNO2. The third-order valence-electron chi connectivity index (χ3n) is 6.79. The fraction of sp³-hybridized carbons (Fsp3) is 0.682. The molecular weight excluding hydrogens is 390 g/mol. The van der Waals surface area contributed by atoms with Crippen molar-refractivity contribution < 1.29 is 9.53 Å². The maximum Gasteiger partial charge on any atom is 0.230 e. The number of nitrogens with one attached hydrogen (secondary N) is 1. The molecule has 0 aliphatic heterocycles. The molecule has 1 amide bonds. The first-order valence-electron chi connectivity index (χ1n) is 9.81. The van der Waals surface area contributed by atoms with Crippen molar-refractivity contribution in [1.82, 2.24) is 0 Å². The van der Waals surface area contributed by atoms with E-state index in [1.807, 2.05) is 6.07 Å². The quantitative estimate of drug-likeness (QED) is 0.641. The zero-order valence-electron chi connectivity index (χ0n) is 16.3. The van der Waals surface area contributed by atoms with E-state index in [-0.39, 0.29) is 21.1 Å². The largest absolute Gasteiger partial charge is 0.495 e. The summed E-state index contributed by atoms with van der Waals surface area (Å²) in [5, 5.41) is 3.26. The number of benzene rings is 1. The summed E-state index contributed by atoms with van der Waals surface area (Å²) < 4.78 is 5.71. The molecule has 1 aromatic rings. The zero-order valence-corrected chi connectivity index (χ0v) is 17.9.